The first-order valence-corrected chi connectivity index (χ1v) is 12.4. The van der Waals surface area contributed by atoms with E-state index in [0.29, 0.717) is 41.3 Å². The molecule has 0 aliphatic rings. The summed E-state index contributed by atoms with van der Waals surface area (Å²) < 4.78 is 12.5. The quantitative estimate of drug-likeness (QED) is 0.207. The molecule has 0 saturated carbocycles. The normalized spacial score (nSPS) is 10.5. The zero-order valence-electron chi connectivity index (χ0n) is 21.7. The molecule has 0 bridgehead atoms. The van der Waals surface area contributed by atoms with E-state index in [0.717, 1.165) is 28.5 Å². The summed E-state index contributed by atoms with van der Waals surface area (Å²) in [7, 11) is 1.73. The Bertz CT molecular complexity index is 1410. The number of hydrogen-bond donors (Lipinski definition) is 0. The van der Waals surface area contributed by atoms with Gasteiger partial charge in [-0.25, -0.2) is 0 Å². The fourth-order valence-corrected chi connectivity index (χ4v) is 4.19. The Morgan fingerprint density at radius 2 is 1.42 bits per heavy atom. The molecule has 5 nitrogen and oxygen atoms in total. The van der Waals surface area contributed by atoms with Crippen molar-refractivity contribution < 1.29 is 19.1 Å². The van der Waals surface area contributed by atoms with Gasteiger partial charge in [0.1, 0.15) is 31.0 Å². The van der Waals surface area contributed by atoms with Gasteiger partial charge in [-0.15, -0.1) is 0 Å². The van der Waals surface area contributed by atoms with Gasteiger partial charge in [0, 0.05) is 19.2 Å². The van der Waals surface area contributed by atoms with Crippen LogP contribution in [0.3, 0.4) is 0 Å². The lowest BCUT2D eigenvalue weighted by atomic mass is 10.0. The van der Waals surface area contributed by atoms with E-state index >= 15 is 0 Å². The number of aldehydes is 1. The molecule has 1 amide bonds. The van der Waals surface area contributed by atoms with Crippen molar-refractivity contribution in [3.05, 3.63) is 137 Å². The van der Waals surface area contributed by atoms with Crippen LogP contribution < -0.4 is 9.47 Å². The monoisotopic (exact) mass is 505 g/mol. The lowest BCUT2D eigenvalue weighted by Gasteiger charge is -2.23. The van der Waals surface area contributed by atoms with Crippen molar-refractivity contribution in [2.24, 2.45) is 0 Å². The molecule has 0 aliphatic heterocycles. The molecular weight excluding hydrogens is 474 g/mol. The van der Waals surface area contributed by atoms with Crippen molar-refractivity contribution in [3.8, 4) is 11.5 Å². The van der Waals surface area contributed by atoms with Crippen molar-refractivity contribution in [1.29, 1.82) is 0 Å². The second-order valence-corrected chi connectivity index (χ2v) is 9.17. The number of hydrogen-bond acceptors (Lipinski definition) is 4. The van der Waals surface area contributed by atoms with Crippen LogP contribution in [-0.2, 0) is 19.8 Å². The first-order chi connectivity index (χ1) is 18.5. The van der Waals surface area contributed by atoms with Gasteiger partial charge in [0.05, 0.1) is 11.1 Å². The zero-order valence-corrected chi connectivity index (χ0v) is 21.7. The van der Waals surface area contributed by atoms with E-state index in [4.69, 9.17) is 9.47 Å². The van der Waals surface area contributed by atoms with Crippen LogP contribution in [0.2, 0.25) is 0 Å². The number of amides is 1. The zero-order chi connectivity index (χ0) is 26.9. The van der Waals surface area contributed by atoms with Crippen LogP contribution in [0.5, 0.6) is 11.5 Å². The second-order valence-electron chi connectivity index (χ2n) is 9.17. The Morgan fingerprint density at radius 3 is 2.03 bits per heavy atom. The first-order valence-electron chi connectivity index (χ1n) is 12.4. The second kappa shape index (κ2) is 12.5. The van der Waals surface area contributed by atoms with Crippen molar-refractivity contribution in [2.45, 2.75) is 26.7 Å². The molecule has 4 aromatic carbocycles. The number of allylic oxidation sites excluding steroid dienone is 1. The largest absolute Gasteiger partial charge is 0.488 e. The molecule has 0 fully saturated rings. The van der Waals surface area contributed by atoms with Crippen LogP contribution in [0.25, 0.3) is 5.57 Å². The molecule has 192 valence electrons. The molecule has 0 unspecified atom stereocenters. The fourth-order valence-electron chi connectivity index (χ4n) is 4.19. The van der Waals surface area contributed by atoms with Gasteiger partial charge in [0.2, 0.25) is 0 Å². The van der Waals surface area contributed by atoms with Crippen LogP contribution >= 0.6 is 0 Å². The number of nitrogens with zero attached hydrogens (tertiary/aromatic N) is 1. The van der Waals surface area contributed by atoms with E-state index in [1.54, 1.807) is 36.2 Å². The number of rotatable bonds is 11. The lowest BCUT2D eigenvalue weighted by Crippen LogP contribution is -2.27. The molecule has 0 spiro atoms. The van der Waals surface area contributed by atoms with Crippen molar-refractivity contribution >= 4 is 17.8 Å². The number of carbonyl (C=O) groups is 2. The van der Waals surface area contributed by atoms with Gasteiger partial charge in [-0.1, -0.05) is 85.4 Å². The molecule has 38 heavy (non-hydrogen) atoms. The minimum atomic E-state index is -0.207. The van der Waals surface area contributed by atoms with E-state index in [-0.39, 0.29) is 12.5 Å². The summed E-state index contributed by atoms with van der Waals surface area (Å²) in [5.74, 6) is 0.828. The van der Waals surface area contributed by atoms with E-state index in [1.165, 1.54) is 0 Å². The smallest absolute Gasteiger partial charge is 0.257 e. The summed E-state index contributed by atoms with van der Waals surface area (Å²) in [6.45, 7) is 7.05. The Balaban J connectivity index is 1.68. The fraction of sp³-hybridized carbons (Fsp3) is 0.152. The topological polar surface area (TPSA) is 55.8 Å². The number of carbonyl (C=O) groups excluding carboxylic acids is 2. The highest BCUT2D eigenvalue weighted by atomic mass is 16.5. The van der Waals surface area contributed by atoms with Gasteiger partial charge in [-0.2, -0.15) is 0 Å². The van der Waals surface area contributed by atoms with E-state index in [2.05, 4.69) is 6.58 Å². The highest BCUT2D eigenvalue weighted by Crippen LogP contribution is 2.38. The maximum absolute atomic E-state index is 13.7. The average Bonchev–Trinajstić information content (AvgIpc) is 2.95. The molecular formula is C33H31NO4. The lowest BCUT2D eigenvalue weighted by molar-refractivity contribution is 0.0780. The van der Waals surface area contributed by atoms with Crippen molar-refractivity contribution in [1.82, 2.24) is 4.90 Å². The summed E-state index contributed by atoms with van der Waals surface area (Å²) in [5.41, 5.74) is 5.25. The predicted octanol–water partition coefficient (Wildman–Crippen LogP) is 6.96. The summed E-state index contributed by atoms with van der Waals surface area (Å²) >= 11 is 0. The summed E-state index contributed by atoms with van der Waals surface area (Å²) in [5, 5.41) is 0. The Hall–Kier alpha value is -4.64. The van der Waals surface area contributed by atoms with E-state index in [9.17, 15) is 9.59 Å². The van der Waals surface area contributed by atoms with Crippen LogP contribution in [0, 0.1) is 0 Å². The van der Waals surface area contributed by atoms with Crippen molar-refractivity contribution in [3.63, 3.8) is 0 Å². The SMILES string of the molecule is C=C(C)c1c(OCc2ccccc2)ccc(C(=O)N(C)Cc2cccc(C=O)c2)c1OCc1ccccc1. The molecule has 4 rings (SSSR count). The molecule has 0 heterocycles. The van der Waals surface area contributed by atoms with Gasteiger partial charge in [0.15, 0.2) is 0 Å². The summed E-state index contributed by atoms with van der Waals surface area (Å²) in [4.78, 5) is 26.5. The average molecular weight is 506 g/mol. The first kappa shape index (κ1) is 26.4. The molecule has 0 aromatic heterocycles. The maximum Gasteiger partial charge on any atom is 0.257 e. The Kier molecular flexibility index (Phi) is 8.73. The van der Waals surface area contributed by atoms with Gasteiger partial charge in [0.25, 0.3) is 5.91 Å². The van der Waals surface area contributed by atoms with E-state index in [1.807, 2.05) is 79.7 Å². The maximum atomic E-state index is 13.7. The van der Waals surface area contributed by atoms with Gasteiger partial charge in [-0.3, -0.25) is 9.59 Å². The highest BCUT2D eigenvalue weighted by Gasteiger charge is 2.24. The molecule has 0 N–H and O–H groups in total. The summed E-state index contributed by atoms with van der Waals surface area (Å²) in [6, 6.07) is 30.5. The van der Waals surface area contributed by atoms with Gasteiger partial charge < -0.3 is 14.4 Å². The predicted molar refractivity (Wildman–Crippen MR) is 150 cm³/mol. The molecule has 0 saturated heterocycles. The molecule has 5 heteroatoms. The van der Waals surface area contributed by atoms with Crippen LogP contribution in [0.4, 0.5) is 0 Å². The molecule has 0 atom stereocenters. The third-order valence-electron chi connectivity index (χ3n) is 6.09. The summed E-state index contributed by atoms with van der Waals surface area (Å²) in [6.07, 6.45) is 0.800. The molecule has 0 radical (unpaired) electrons. The van der Waals surface area contributed by atoms with Crippen LogP contribution in [0.1, 0.15) is 49.9 Å². The third kappa shape index (κ3) is 6.56. The van der Waals surface area contributed by atoms with E-state index < -0.39 is 0 Å². The molecule has 0 aliphatic carbocycles. The Labute approximate surface area is 224 Å². The minimum absolute atomic E-state index is 0.207. The number of ether oxygens (including phenoxy) is 2. The highest BCUT2D eigenvalue weighted by molar-refractivity contribution is 5.99. The minimum Gasteiger partial charge on any atom is -0.488 e. The van der Waals surface area contributed by atoms with Crippen LogP contribution in [0.15, 0.2) is 104 Å². The Morgan fingerprint density at radius 1 is 0.816 bits per heavy atom. The molecule has 4 aromatic rings. The van der Waals surface area contributed by atoms with Gasteiger partial charge in [-0.05, 0) is 47.4 Å². The van der Waals surface area contributed by atoms with Crippen LogP contribution in [-0.4, -0.2) is 24.1 Å². The van der Waals surface area contributed by atoms with Crippen molar-refractivity contribution in [2.75, 3.05) is 7.05 Å². The number of benzene rings is 4. The van der Waals surface area contributed by atoms with Gasteiger partial charge >= 0.3 is 0 Å². The standard InChI is InChI=1S/C33H31NO4/c1-24(2)31-30(37-22-25-11-6-4-7-12-25)18-17-29(32(31)38-23-26-13-8-5-9-14-26)33(36)34(3)20-27-15-10-16-28(19-27)21-35/h4-19,21H,1,20,22-23H2,2-3H3. The third-order valence-corrected chi connectivity index (χ3v) is 6.09.